The van der Waals surface area contributed by atoms with Crippen LogP contribution in [-0.2, 0) is 6.42 Å². The molecule has 0 amide bonds. The van der Waals surface area contributed by atoms with Crippen molar-refractivity contribution in [3.63, 3.8) is 0 Å². The van der Waals surface area contributed by atoms with Gasteiger partial charge in [0.05, 0.1) is 0 Å². The minimum absolute atomic E-state index is 0.405. The average Bonchev–Trinajstić information content (AvgIpc) is 3.00. The summed E-state index contributed by atoms with van der Waals surface area (Å²) in [5.41, 5.74) is 18.5. The first kappa shape index (κ1) is 30.0. The average molecular weight is 551 g/mol. The molecule has 0 radical (unpaired) electrons. The van der Waals surface area contributed by atoms with Crippen molar-refractivity contribution in [2.45, 2.75) is 84.5 Å². The Morgan fingerprint density at radius 2 is 1.07 bits per heavy atom. The number of ether oxygens (including phenoxy) is 2. The highest BCUT2D eigenvalue weighted by Gasteiger charge is 2.18. The molecule has 0 spiro atoms. The van der Waals surface area contributed by atoms with Crippen LogP contribution in [0.25, 0.3) is 0 Å². The van der Waals surface area contributed by atoms with E-state index in [0.29, 0.717) is 17.8 Å². The fourth-order valence-corrected chi connectivity index (χ4v) is 5.24. The Hall–Kier alpha value is -3.92. The van der Waals surface area contributed by atoms with Crippen molar-refractivity contribution < 1.29 is 9.47 Å². The minimum Gasteiger partial charge on any atom is -0.457 e. The molecular weight excluding hydrogens is 504 g/mol. The third kappa shape index (κ3) is 7.85. The Labute approximate surface area is 246 Å². The fraction of sp³-hybridized carbons (Fsp3) is 0.351. The Bertz CT molecular complexity index is 1400. The second-order valence-corrected chi connectivity index (χ2v) is 11.3. The van der Waals surface area contributed by atoms with E-state index < -0.39 is 0 Å². The summed E-state index contributed by atoms with van der Waals surface area (Å²) in [7, 11) is 0. The number of benzene rings is 4. The van der Waals surface area contributed by atoms with E-state index in [1.807, 2.05) is 48.5 Å². The fourth-order valence-electron chi connectivity index (χ4n) is 5.24. The summed E-state index contributed by atoms with van der Waals surface area (Å²) in [4.78, 5) is 0. The quantitative estimate of drug-likeness (QED) is 0.162. The molecule has 4 N–H and O–H groups in total. The molecule has 0 saturated heterocycles. The lowest BCUT2D eigenvalue weighted by Crippen LogP contribution is -2.04. The topological polar surface area (TPSA) is 70.5 Å². The Morgan fingerprint density at radius 3 is 1.56 bits per heavy atom. The van der Waals surface area contributed by atoms with Crippen molar-refractivity contribution in [1.29, 1.82) is 0 Å². The maximum atomic E-state index is 6.32. The Kier molecular flexibility index (Phi) is 10.3. The number of aryl methyl sites for hydroxylation is 1. The summed E-state index contributed by atoms with van der Waals surface area (Å²) in [5.74, 6) is 4.76. The van der Waals surface area contributed by atoms with Gasteiger partial charge < -0.3 is 20.9 Å². The number of hydrogen-bond acceptors (Lipinski definition) is 4. The second-order valence-electron chi connectivity index (χ2n) is 11.3. The van der Waals surface area contributed by atoms with Gasteiger partial charge in [-0.15, -0.1) is 0 Å². The van der Waals surface area contributed by atoms with Crippen LogP contribution >= 0.6 is 0 Å². The van der Waals surface area contributed by atoms with Crippen LogP contribution in [-0.4, -0.2) is 0 Å². The van der Waals surface area contributed by atoms with E-state index in [1.54, 1.807) is 0 Å². The minimum atomic E-state index is 0.405. The van der Waals surface area contributed by atoms with E-state index in [-0.39, 0.29) is 0 Å². The maximum absolute atomic E-state index is 6.32. The lowest BCUT2D eigenvalue weighted by atomic mass is 9.86. The van der Waals surface area contributed by atoms with Gasteiger partial charge in [0.25, 0.3) is 0 Å². The molecule has 4 aromatic rings. The second kappa shape index (κ2) is 14.1. The molecule has 0 aromatic heterocycles. The molecule has 0 fully saturated rings. The number of nitrogen functional groups attached to an aromatic ring is 2. The van der Waals surface area contributed by atoms with Crippen LogP contribution in [0.2, 0.25) is 0 Å². The zero-order valence-corrected chi connectivity index (χ0v) is 25.3. The molecule has 0 saturated carbocycles. The van der Waals surface area contributed by atoms with Crippen LogP contribution in [0.15, 0.2) is 84.9 Å². The molecule has 3 unspecified atom stereocenters. The first-order valence-electron chi connectivity index (χ1n) is 15.1. The molecule has 216 valence electrons. The van der Waals surface area contributed by atoms with E-state index in [1.165, 1.54) is 22.3 Å². The van der Waals surface area contributed by atoms with Gasteiger partial charge in [0.2, 0.25) is 0 Å². The van der Waals surface area contributed by atoms with Crippen molar-refractivity contribution in [3.8, 4) is 23.0 Å². The van der Waals surface area contributed by atoms with Crippen LogP contribution in [0.4, 0.5) is 11.4 Å². The molecule has 4 nitrogen and oxygen atoms in total. The predicted molar refractivity (Wildman–Crippen MR) is 174 cm³/mol. The maximum Gasteiger partial charge on any atom is 0.130 e. The highest BCUT2D eigenvalue weighted by molar-refractivity contribution is 5.48. The molecule has 3 atom stereocenters. The SMILES string of the molecule is CCC(C)c1cc(CCC(CC)c2ccc(Oc3ccc(N)cc3)c(C(C)CC)c2)ccc1Oc1ccc(N)cc1. The van der Waals surface area contributed by atoms with E-state index in [9.17, 15) is 0 Å². The van der Waals surface area contributed by atoms with Crippen LogP contribution in [0, 0.1) is 0 Å². The van der Waals surface area contributed by atoms with Gasteiger partial charge in [-0.1, -0.05) is 58.9 Å². The van der Waals surface area contributed by atoms with Gasteiger partial charge >= 0.3 is 0 Å². The van der Waals surface area contributed by atoms with Gasteiger partial charge in [0, 0.05) is 11.4 Å². The van der Waals surface area contributed by atoms with E-state index in [0.717, 1.165) is 66.5 Å². The van der Waals surface area contributed by atoms with Gasteiger partial charge in [0.15, 0.2) is 0 Å². The zero-order chi connectivity index (χ0) is 29.4. The van der Waals surface area contributed by atoms with E-state index in [4.69, 9.17) is 20.9 Å². The molecule has 4 heteroatoms. The van der Waals surface area contributed by atoms with Crippen molar-refractivity contribution in [1.82, 2.24) is 0 Å². The Balaban J connectivity index is 1.52. The first-order valence-corrected chi connectivity index (χ1v) is 15.1. The number of nitrogens with two attached hydrogens (primary N) is 2. The summed E-state index contributed by atoms with van der Waals surface area (Å²) in [6.45, 7) is 11.3. The third-order valence-corrected chi connectivity index (χ3v) is 8.36. The highest BCUT2D eigenvalue weighted by Crippen LogP contribution is 2.38. The van der Waals surface area contributed by atoms with Crippen LogP contribution in [0.3, 0.4) is 0 Å². The lowest BCUT2D eigenvalue weighted by molar-refractivity contribution is 0.469. The molecule has 41 heavy (non-hydrogen) atoms. The smallest absolute Gasteiger partial charge is 0.130 e. The molecule has 0 aliphatic carbocycles. The summed E-state index contributed by atoms with van der Waals surface area (Å²) in [6.07, 6.45) is 5.32. The molecule has 0 aliphatic heterocycles. The molecule has 4 rings (SSSR count). The molecule has 4 aromatic carbocycles. The van der Waals surface area contributed by atoms with Crippen molar-refractivity contribution >= 4 is 11.4 Å². The summed E-state index contributed by atoms with van der Waals surface area (Å²) in [5, 5.41) is 0. The predicted octanol–water partition coefficient (Wildman–Crippen LogP) is 10.6. The summed E-state index contributed by atoms with van der Waals surface area (Å²) < 4.78 is 12.6. The van der Waals surface area contributed by atoms with Crippen molar-refractivity contribution in [2.75, 3.05) is 11.5 Å². The molecule has 0 heterocycles. The molecular formula is C37H46N2O2. The van der Waals surface area contributed by atoms with Crippen molar-refractivity contribution in [2.24, 2.45) is 0 Å². The van der Waals surface area contributed by atoms with Gasteiger partial charge in [-0.3, -0.25) is 0 Å². The summed E-state index contributed by atoms with van der Waals surface area (Å²) in [6, 6.07) is 28.7. The van der Waals surface area contributed by atoms with E-state index >= 15 is 0 Å². The standard InChI is InChI=1S/C37H46N2O2/c1-6-25(4)34-23-27(10-21-36(34)40-32-17-13-30(38)14-18-32)9-11-28(8-3)29-12-22-37(35(24-29)26(5)7-2)41-33-19-15-31(39)16-20-33/h10,12-26,28H,6-9,11,38-39H2,1-5H3. The lowest BCUT2D eigenvalue weighted by Gasteiger charge is -2.22. The van der Waals surface area contributed by atoms with Gasteiger partial charge in [-0.05, 0) is 133 Å². The monoisotopic (exact) mass is 550 g/mol. The third-order valence-electron chi connectivity index (χ3n) is 8.36. The number of hydrogen-bond donors (Lipinski definition) is 2. The van der Waals surface area contributed by atoms with Gasteiger partial charge in [0.1, 0.15) is 23.0 Å². The van der Waals surface area contributed by atoms with E-state index in [2.05, 4.69) is 71.0 Å². The van der Waals surface area contributed by atoms with Crippen LogP contribution < -0.4 is 20.9 Å². The van der Waals surface area contributed by atoms with Gasteiger partial charge in [-0.25, -0.2) is 0 Å². The van der Waals surface area contributed by atoms with Crippen LogP contribution in [0.1, 0.15) is 100 Å². The summed E-state index contributed by atoms with van der Waals surface area (Å²) >= 11 is 0. The number of rotatable bonds is 13. The van der Waals surface area contributed by atoms with Crippen LogP contribution in [0.5, 0.6) is 23.0 Å². The zero-order valence-electron chi connectivity index (χ0n) is 25.3. The van der Waals surface area contributed by atoms with Gasteiger partial charge in [-0.2, -0.15) is 0 Å². The highest BCUT2D eigenvalue weighted by atomic mass is 16.5. The molecule has 0 aliphatic rings. The first-order chi connectivity index (χ1) is 19.8. The van der Waals surface area contributed by atoms with Crippen molar-refractivity contribution in [3.05, 3.63) is 107 Å². The Morgan fingerprint density at radius 1 is 0.585 bits per heavy atom. The normalized spacial score (nSPS) is 13.4. The number of anilines is 2. The molecule has 0 bridgehead atoms. The largest absolute Gasteiger partial charge is 0.457 e.